The van der Waals surface area contributed by atoms with E-state index in [-0.39, 0.29) is 0 Å². The lowest BCUT2D eigenvalue weighted by Crippen LogP contribution is -2.30. The van der Waals surface area contributed by atoms with Crippen molar-refractivity contribution in [3.63, 3.8) is 0 Å². The van der Waals surface area contributed by atoms with Gasteiger partial charge in [-0.25, -0.2) is 0 Å². The Morgan fingerprint density at radius 3 is 2.52 bits per heavy atom. The highest BCUT2D eigenvalue weighted by Crippen LogP contribution is 2.39. The molecule has 1 aromatic rings. The molecule has 1 fully saturated rings. The molecule has 0 aromatic heterocycles. The van der Waals surface area contributed by atoms with Crippen molar-refractivity contribution in [2.24, 2.45) is 17.3 Å². The Morgan fingerprint density at radius 2 is 1.90 bits per heavy atom. The highest BCUT2D eigenvalue weighted by molar-refractivity contribution is 5.32. The first-order chi connectivity index (χ1) is 9.99. The van der Waals surface area contributed by atoms with Crippen LogP contribution in [0.2, 0.25) is 0 Å². The van der Waals surface area contributed by atoms with Crippen molar-refractivity contribution in [2.45, 2.75) is 53.0 Å². The highest BCUT2D eigenvalue weighted by Gasteiger charge is 2.29. The summed E-state index contributed by atoms with van der Waals surface area (Å²) in [4.78, 5) is 0. The van der Waals surface area contributed by atoms with Gasteiger partial charge in [-0.2, -0.15) is 5.26 Å². The molecular formula is C19H28N2. The maximum absolute atomic E-state index is 8.91. The zero-order valence-corrected chi connectivity index (χ0v) is 13.7. The fraction of sp³-hybridized carbons (Fsp3) is 0.632. The van der Waals surface area contributed by atoms with Crippen molar-refractivity contribution in [2.75, 3.05) is 6.54 Å². The summed E-state index contributed by atoms with van der Waals surface area (Å²) in [7, 11) is 0. The first-order valence-electron chi connectivity index (χ1n) is 8.19. The van der Waals surface area contributed by atoms with Crippen LogP contribution in [0, 0.1) is 28.6 Å². The van der Waals surface area contributed by atoms with E-state index in [1.165, 1.54) is 31.2 Å². The molecule has 0 bridgehead atoms. The molecule has 0 atom stereocenters. The molecule has 0 spiro atoms. The van der Waals surface area contributed by atoms with E-state index in [0.29, 0.717) is 5.41 Å². The highest BCUT2D eigenvalue weighted by atomic mass is 14.9. The monoisotopic (exact) mass is 284 g/mol. The van der Waals surface area contributed by atoms with E-state index in [1.807, 2.05) is 18.2 Å². The molecule has 0 radical (unpaired) electrons. The van der Waals surface area contributed by atoms with Gasteiger partial charge in [-0.1, -0.05) is 32.9 Å². The second kappa shape index (κ2) is 7.09. The van der Waals surface area contributed by atoms with Crippen LogP contribution in [0.15, 0.2) is 24.3 Å². The maximum atomic E-state index is 8.91. The van der Waals surface area contributed by atoms with Crippen LogP contribution in [0.1, 0.15) is 57.6 Å². The average molecular weight is 284 g/mol. The summed E-state index contributed by atoms with van der Waals surface area (Å²) in [5.74, 6) is 1.71. The van der Waals surface area contributed by atoms with Gasteiger partial charge < -0.3 is 5.32 Å². The molecule has 1 aliphatic rings. The lowest BCUT2D eigenvalue weighted by molar-refractivity contribution is 0.149. The molecule has 0 aliphatic heterocycles. The smallest absolute Gasteiger partial charge is 0.0991 e. The third-order valence-corrected chi connectivity index (χ3v) is 4.89. The zero-order chi connectivity index (χ0) is 15.3. The van der Waals surface area contributed by atoms with Crippen LogP contribution < -0.4 is 5.32 Å². The SMILES string of the molecule is CC(C)(C)C1CCC(CNCc2cccc(C#N)c2)CC1. The summed E-state index contributed by atoms with van der Waals surface area (Å²) in [6, 6.07) is 10.1. The Morgan fingerprint density at radius 1 is 1.19 bits per heavy atom. The van der Waals surface area contributed by atoms with Crippen molar-refractivity contribution in [3.8, 4) is 6.07 Å². The molecule has 2 rings (SSSR count). The molecule has 1 aromatic carbocycles. The third-order valence-electron chi connectivity index (χ3n) is 4.89. The van der Waals surface area contributed by atoms with Gasteiger partial charge >= 0.3 is 0 Å². The molecule has 2 heteroatoms. The molecule has 0 saturated heterocycles. The Bertz CT molecular complexity index is 485. The van der Waals surface area contributed by atoms with Crippen molar-refractivity contribution < 1.29 is 0 Å². The molecule has 21 heavy (non-hydrogen) atoms. The van der Waals surface area contributed by atoms with E-state index >= 15 is 0 Å². The van der Waals surface area contributed by atoms with Crippen LogP contribution in [-0.4, -0.2) is 6.54 Å². The van der Waals surface area contributed by atoms with E-state index < -0.39 is 0 Å². The lowest BCUT2D eigenvalue weighted by Gasteiger charge is -2.37. The summed E-state index contributed by atoms with van der Waals surface area (Å²) >= 11 is 0. The maximum Gasteiger partial charge on any atom is 0.0991 e. The average Bonchev–Trinajstić information content (AvgIpc) is 2.47. The van der Waals surface area contributed by atoms with Crippen molar-refractivity contribution in [3.05, 3.63) is 35.4 Å². The largest absolute Gasteiger partial charge is 0.312 e. The van der Waals surface area contributed by atoms with E-state index in [0.717, 1.165) is 30.5 Å². The number of rotatable bonds is 4. The minimum atomic E-state index is 0.468. The Labute approximate surface area is 129 Å². The fourth-order valence-corrected chi connectivity index (χ4v) is 3.40. The topological polar surface area (TPSA) is 35.8 Å². The van der Waals surface area contributed by atoms with Crippen LogP contribution in [0.25, 0.3) is 0 Å². The molecule has 1 N–H and O–H groups in total. The summed E-state index contributed by atoms with van der Waals surface area (Å²) in [6.45, 7) is 9.09. The number of benzene rings is 1. The van der Waals surface area contributed by atoms with E-state index in [9.17, 15) is 0 Å². The van der Waals surface area contributed by atoms with Gasteiger partial charge in [-0.3, -0.25) is 0 Å². The number of nitrogens with one attached hydrogen (secondary N) is 1. The van der Waals surface area contributed by atoms with E-state index in [4.69, 9.17) is 5.26 Å². The predicted molar refractivity (Wildman–Crippen MR) is 87.8 cm³/mol. The van der Waals surface area contributed by atoms with Gasteiger partial charge in [0.1, 0.15) is 0 Å². The van der Waals surface area contributed by atoms with Gasteiger partial charge in [-0.05, 0) is 67.2 Å². The van der Waals surface area contributed by atoms with Gasteiger partial charge in [0.15, 0.2) is 0 Å². The molecular weight excluding hydrogens is 256 g/mol. The molecule has 0 amide bonds. The number of hydrogen-bond donors (Lipinski definition) is 1. The number of nitriles is 1. The Hall–Kier alpha value is -1.33. The predicted octanol–water partition coefficient (Wildman–Crippen LogP) is 4.50. The van der Waals surface area contributed by atoms with Gasteiger partial charge in [0.2, 0.25) is 0 Å². The molecule has 2 nitrogen and oxygen atoms in total. The standard InChI is InChI=1S/C19H28N2/c1-19(2,3)18-9-7-15(8-10-18)13-21-14-17-6-4-5-16(11-17)12-20/h4-6,11,15,18,21H,7-10,13-14H2,1-3H3. The minimum absolute atomic E-state index is 0.468. The molecule has 1 saturated carbocycles. The van der Waals surface area contributed by atoms with Gasteiger partial charge in [0.25, 0.3) is 0 Å². The molecule has 0 heterocycles. The third kappa shape index (κ3) is 4.86. The van der Waals surface area contributed by atoms with E-state index in [2.05, 4.69) is 38.2 Å². The molecule has 0 unspecified atom stereocenters. The summed E-state index contributed by atoms with van der Waals surface area (Å²) in [5, 5.41) is 12.5. The van der Waals surface area contributed by atoms with Crippen LogP contribution in [0.3, 0.4) is 0 Å². The second-order valence-corrected chi connectivity index (χ2v) is 7.53. The van der Waals surface area contributed by atoms with Gasteiger partial charge in [0.05, 0.1) is 11.6 Å². The van der Waals surface area contributed by atoms with Crippen molar-refractivity contribution in [1.82, 2.24) is 5.32 Å². The molecule has 1 aliphatic carbocycles. The van der Waals surface area contributed by atoms with Crippen LogP contribution in [0.4, 0.5) is 0 Å². The van der Waals surface area contributed by atoms with Crippen molar-refractivity contribution in [1.29, 1.82) is 5.26 Å². The second-order valence-electron chi connectivity index (χ2n) is 7.53. The summed E-state index contributed by atoms with van der Waals surface area (Å²) < 4.78 is 0. The summed E-state index contributed by atoms with van der Waals surface area (Å²) in [6.07, 6.45) is 5.46. The molecule has 114 valence electrons. The first-order valence-corrected chi connectivity index (χ1v) is 8.19. The van der Waals surface area contributed by atoms with Crippen molar-refractivity contribution >= 4 is 0 Å². The number of nitrogens with zero attached hydrogens (tertiary/aromatic N) is 1. The zero-order valence-electron chi connectivity index (χ0n) is 13.7. The van der Waals surface area contributed by atoms with Gasteiger partial charge in [-0.15, -0.1) is 0 Å². The minimum Gasteiger partial charge on any atom is -0.312 e. The normalized spacial score (nSPS) is 22.8. The lowest BCUT2D eigenvalue weighted by atomic mass is 9.70. The first kappa shape index (κ1) is 16.0. The van der Waals surface area contributed by atoms with Gasteiger partial charge in [0, 0.05) is 6.54 Å². The quantitative estimate of drug-likeness (QED) is 0.883. The van der Waals surface area contributed by atoms with E-state index in [1.54, 1.807) is 0 Å². The van der Waals surface area contributed by atoms with Crippen LogP contribution in [0.5, 0.6) is 0 Å². The number of hydrogen-bond acceptors (Lipinski definition) is 2. The van der Waals surface area contributed by atoms with Crippen LogP contribution >= 0.6 is 0 Å². The Kier molecular flexibility index (Phi) is 5.42. The van der Waals surface area contributed by atoms with Crippen LogP contribution in [-0.2, 0) is 6.54 Å². The Balaban J connectivity index is 1.72. The fourth-order valence-electron chi connectivity index (χ4n) is 3.40. The summed E-state index contributed by atoms with van der Waals surface area (Å²) in [5.41, 5.74) is 2.42.